The number of rotatable bonds is 13. The van der Waals surface area contributed by atoms with Gasteiger partial charge in [-0.15, -0.1) is 0 Å². The Bertz CT molecular complexity index is 961. The van der Waals surface area contributed by atoms with Gasteiger partial charge in [0, 0.05) is 13.1 Å². The van der Waals surface area contributed by atoms with Crippen molar-refractivity contribution >= 4 is 30.4 Å². The molecule has 0 heterocycles. The summed E-state index contributed by atoms with van der Waals surface area (Å²) in [6.07, 6.45) is 3.80. The molecule has 2 aromatic rings. The lowest BCUT2D eigenvalue weighted by Crippen LogP contribution is -2.43. The monoisotopic (exact) mass is 484 g/mol. The van der Waals surface area contributed by atoms with Gasteiger partial charge in [-0.1, -0.05) is 82.5 Å². The number of carbonyl (C=O) groups is 3. The molecular formula is C27H36N2O4S. The number of nitrogens with zero attached hydrogens (tertiary/aromatic N) is 1. The van der Waals surface area contributed by atoms with Crippen molar-refractivity contribution in [1.82, 2.24) is 10.2 Å². The number of carboxylic acids is 1. The summed E-state index contributed by atoms with van der Waals surface area (Å²) in [5.41, 5.74) is 2.66. The molecule has 0 fully saturated rings. The predicted molar refractivity (Wildman–Crippen MR) is 139 cm³/mol. The minimum Gasteiger partial charge on any atom is -0.478 e. The lowest BCUT2D eigenvalue weighted by molar-refractivity contribution is -0.133. The predicted octanol–water partition coefficient (Wildman–Crippen LogP) is 5.03. The molecule has 0 aliphatic rings. The second-order valence-electron chi connectivity index (χ2n) is 8.62. The lowest BCUT2D eigenvalue weighted by atomic mass is 9.98. The molecule has 34 heavy (non-hydrogen) atoms. The van der Waals surface area contributed by atoms with Crippen LogP contribution in [0.2, 0.25) is 0 Å². The first kappa shape index (κ1) is 27.4. The first-order chi connectivity index (χ1) is 16.3. The summed E-state index contributed by atoms with van der Waals surface area (Å²) >= 11 is 4.39. The molecule has 0 radical (unpaired) electrons. The molecule has 0 spiro atoms. The van der Waals surface area contributed by atoms with Gasteiger partial charge in [-0.25, -0.2) is 4.79 Å². The van der Waals surface area contributed by atoms with E-state index in [0.29, 0.717) is 18.7 Å². The zero-order valence-electron chi connectivity index (χ0n) is 20.3. The van der Waals surface area contributed by atoms with Crippen molar-refractivity contribution in [3.63, 3.8) is 0 Å². The highest BCUT2D eigenvalue weighted by Crippen LogP contribution is 2.24. The minimum atomic E-state index is -0.966. The second kappa shape index (κ2) is 13.8. The number of benzene rings is 2. The maximum absolute atomic E-state index is 12.9. The fourth-order valence-electron chi connectivity index (χ4n) is 3.64. The topological polar surface area (TPSA) is 86.7 Å². The Morgan fingerprint density at radius 3 is 2.32 bits per heavy atom. The van der Waals surface area contributed by atoms with Crippen molar-refractivity contribution in [2.75, 3.05) is 13.1 Å². The molecule has 0 aliphatic heterocycles. The SMILES string of the molecule is CCCCCN(Cc1ccc(-c2ccccc2C(=O)O)cc1)C(=O)CNC(=O)C(S)C(C)CC. The number of hydrogen-bond donors (Lipinski definition) is 3. The first-order valence-corrected chi connectivity index (χ1v) is 12.4. The average molecular weight is 485 g/mol. The quantitative estimate of drug-likeness (QED) is 0.275. The molecular weight excluding hydrogens is 448 g/mol. The van der Waals surface area contributed by atoms with Gasteiger partial charge < -0.3 is 15.3 Å². The zero-order valence-corrected chi connectivity index (χ0v) is 21.2. The molecule has 2 unspecified atom stereocenters. The molecule has 0 aliphatic carbocycles. The minimum absolute atomic E-state index is 0.0531. The van der Waals surface area contributed by atoms with Crippen LogP contribution in [0.25, 0.3) is 11.1 Å². The number of nitrogens with one attached hydrogen (secondary N) is 1. The number of thiol groups is 1. The van der Waals surface area contributed by atoms with Gasteiger partial charge in [0.05, 0.1) is 17.4 Å². The van der Waals surface area contributed by atoms with Crippen molar-refractivity contribution in [3.05, 3.63) is 59.7 Å². The van der Waals surface area contributed by atoms with E-state index in [0.717, 1.165) is 36.8 Å². The van der Waals surface area contributed by atoms with Crippen LogP contribution in [0.4, 0.5) is 0 Å². The molecule has 2 aromatic carbocycles. The molecule has 0 aromatic heterocycles. The van der Waals surface area contributed by atoms with Gasteiger partial charge in [0.15, 0.2) is 0 Å². The van der Waals surface area contributed by atoms with Gasteiger partial charge in [-0.3, -0.25) is 9.59 Å². The largest absolute Gasteiger partial charge is 0.478 e. The molecule has 2 rings (SSSR count). The average Bonchev–Trinajstić information content (AvgIpc) is 2.85. The van der Waals surface area contributed by atoms with Crippen LogP contribution in [0, 0.1) is 5.92 Å². The summed E-state index contributed by atoms with van der Waals surface area (Å²) in [5, 5.41) is 11.8. The fourth-order valence-corrected chi connectivity index (χ4v) is 3.94. The van der Waals surface area contributed by atoms with Crippen LogP contribution < -0.4 is 5.32 Å². The molecule has 0 bridgehead atoms. The third kappa shape index (κ3) is 7.90. The fraction of sp³-hybridized carbons (Fsp3) is 0.444. The smallest absolute Gasteiger partial charge is 0.336 e. The Morgan fingerprint density at radius 1 is 1.03 bits per heavy atom. The van der Waals surface area contributed by atoms with E-state index < -0.39 is 11.2 Å². The van der Waals surface area contributed by atoms with E-state index in [4.69, 9.17) is 0 Å². The zero-order chi connectivity index (χ0) is 25.1. The molecule has 2 N–H and O–H groups in total. The van der Waals surface area contributed by atoms with Gasteiger partial charge in [0.25, 0.3) is 0 Å². The van der Waals surface area contributed by atoms with Crippen molar-refractivity contribution in [3.8, 4) is 11.1 Å². The van der Waals surface area contributed by atoms with Gasteiger partial charge in [-0.2, -0.15) is 12.6 Å². The van der Waals surface area contributed by atoms with E-state index in [9.17, 15) is 19.5 Å². The Balaban J connectivity index is 2.09. The molecule has 2 atom stereocenters. The number of aromatic carboxylic acids is 1. The van der Waals surface area contributed by atoms with E-state index in [2.05, 4.69) is 24.9 Å². The highest BCUT2D eigenvalue weighted by molar-refractivity contribution is 7.81. The highest BCUT2D eigenvalue weighted by Gasteiger charge is 2.22. The van der Waals surface area contributed by atoms with Crippen molar-refractivity contribution < 1.29 is 19.5 Å². The molecule has 7 heteroatoms. The molecule has 184 valence electrons. The van der Waals surface area contributed by atoms with E-state index in [1.807, 2.05) is 44.2 Å². The maximum Gasteiger partial charge on any atom is 0.336 e. The van der Waals surface area contributed by atoms with E-state index >= 15 is 0 Å². The van der Waals surface area contributed by atoms with E-state index in [1.54, 1.807) is 23.1 Å². The Hall–Kier alpha value is -2.80. The van der Waals surface area contributed by atoms with Crippen LogP contribution in [0.3, 0.4) is 0 Å². The van der Waals surface area contributed by atoms with Gasteiger partial charge in [-0.05, 0) is 35.1 Å². The van der Waals surface area contributed by atoms with Crippen LogP contribution in [0.1, 0.15) is 62.4 Å². The summed E-state index contributed by atoms with van der Waals surface area (Å²) in [7, 11) is 0. The van der Waals surface area contributed by atoms with Crippen LogP contribution in [0.15, 0.2) is 48.5 Å². The maximum atomic E-state index is 12.9. The normalized spacial score (nSPS) is 12.6. The summed E-state index contributed by atoms with van der Waals surface area (Å²) < 4.78 is 0. The van der Waals surface area contributed by atoms with Crippen molar-refractivity contribution in [2.45, 2.75) is 58.2 Å². The van der Waals surface area contributed by atoms with Crippen LogP contribution in [-0.2, 0) is 16.1 Å². The van der Waals surface area contributed by atoms with Crippen molar-refractivity contribution in [1.29, 1.82) is 0 Å². The lowest BCUT2D eigenvalue weighted by Gasteiger charge is -2.24. The first-order valence-electron chi connectivity index (χ1n) is 11.9. The third-order valence-corrected chi connectivity index (χ3v) is 6.79. The second-order valence-corrected chi connectivity index (χ2v) is 9.17. The van der Waals surface area contributed by atoms with Crippen LogP contribution in [-0.4, -0.2) is 46.1 Å². The Labute approximate surface area is 208 Å². The molecule has 2 amide bonds. The Morgan fingerprint density at radius 2 is 1.71 bits per heavy atom. The van der Waals surface area contributed by atoms with Gasteiger partial charge >= 0.3 is 5.97 Å². The number of carboxylic acid groups (broad SMARTS) is 1. The number of amides is 2. The van der Waals surface area contributed by atoms with Crippen molar-refractivity contribution in [2.24, 2.45) is 5.92 Å². The summed E-state index contributed by atoms with van der Waals surface area (Å²) in [6.45, 7) is 7.07. The number of unbranched alkanes of at least 4 members (excludes halogenated alkanes) is 2. The van der Waals surface area contributed by atoms with Gasteiger partial charge in [0.2, 0.25) is 11.8 Å². The highest BCUT2D eigenvalue weighted by atomic mass is 32.1. The molecule has 0 saturated carbocycles. The van der Waals surface area contributed by atoms with Crippen LogP contribution in [0.5, 0.6) is 0 Å². The number of carbonyl (C=O) groups excluding carboxylic acids is 2. The third-order valence-electron chi connectivity index (χ3n) is 6.05. The number of hydrogen-bond acceptors (Lipinski definition) is 4. The van der Waals surface area contributed by atoms with Crippen LogP contribution >= 0.6 is 12.6 Å². The molecule has 0 saturated heterocycles. The van der Waals surface area contributed by atoms with E-state index in [1.165, 1.54) is 0 Å². The summed E-state index contributed by atoms with van der Waals surface area (Å²) in [6, 6.07) is 14.5. The summed E-state index contributed by atoms with van der Waals surface area (Å²) in [4.78, 5) is 38.6. The standard InChI is InChI=1S/C27H36N2O4S/c1-4-6-9-16-29(24(30)17-28-26(31)25(34)19(3)5-2)18-20-12-14-21(15-13-20)22-10-7-8-11-23(22)27(32)33/h7-8,10-15,19,25,34H,4-6,9,16-18H2,1-3H3,(H,28,31)(H,32,33). The van der Waals surface area contributed by atoms with E-state index in [-0.39, 0.29) is 29.8 Å². The molecule has 6 nitrogen and oxygen atoms in total. The summed E-state index contributed by atoms with van der Waals surface area (Å²) in [5.74, 6) is -1.19. The Kier molecular flexibility index (Phi) is 11.1. The van der Waals surface area contributed by atoms with Gasteiger partial charge in [0.1, 0.15) is 0 Å².